The Morgan fingerprint density at radius 3 is 2.20 bits per heavy atom. The predicted molar refractivity (Wildman–Crippen MR) is 89.2 cm³/mol. The van der Waals surface area contributed by atoms with E-state index in [1.54, 1.807) is 11.8 Å². The Morgan fingerprint density at radius 1 is 1.08 bits per heavy atom. The van der Waals surface area contributed by atoms with E-state index >= 15 is 0 Å². The Kier molecular flexibility index (Phi) is 4.85. The van der Waals surface area contributed by atoms with Crippen molar-refractivity contribution in [2.24, 2.45) is 0 Å². The Labute approximate surface area is 150 Å². The molecule has 0 saturated carbocycles. The molecule has 1 saturated heterocycles. The summed E-state index contributed by atoms with van der Waals surface area (Å²) in [5.74, 6) is -2.66. The Morgan fingerprint density at radius 2 is 1.68 bits per heavy atom. The lowest BCUT2D eigenvalue weighted by molar-refractivity contribution is 0.0531. The van der Waals surface area contributed by atoms with E-state index in [4.69, 9.17) is 0 Å². The lowest BCUT2D eigenvalue weighted by atomic mass is 10.1. The third-order valence-electron chi connectivity index (χ3n) is 4.10. The molecular weight excluding hydrogens is 398 g/mol. The number of hydrogen-bond acceptors (Lipinski definition) is 3. The van der Waals surface area contributed by atoms with Crippen molar-refractivity contribution in [2.45, 2.75) is 6.92 Å². The number of hydrogen-bond donors (Lipinski definition) is 1. The van der Waals surface area contributed by atoms with Crippen LogP contribution in [0.5, 0.6) is 0 Å². The maximum Gasteiger partial charge on any atom is 0.275 e. The smallest absolute Gasteiger partial charge is 0.275 e. The van der Waals surface area contributed by atoms with E-state index in [9.17, 15) is 18.4 Å². The minimum absolute atomic E-state index is 0.0874. The molecule has 2 amide bonds. The largest absolute Gasteiger partial charge is 0.335 e. The average molecular weight is 413 g/mol. The Bertz CT molecular complexity index is 832. The van der Waals surface area contributed by atoms with Gasteiger partial charge in [0.15, 0.2) is 17.3 Å². The fourth-order valence-corrected chi connectivity index (χ4v) is 2.98. The number of benzene rings is 1. The van der Waals surface area contributed by atoms with E-state index in [2.05, 4.69) is 26.1 Å². The Hall–Kier alpha value is -2.29. The molecular formula is C16H15BrF2N4O2. The molecule has 0 bridgehead atoms. The molecule has 1 fully saturated rings. The van der Waals surface area contributed by atoms with Gasteiger partial charge in [0.2, 0.25) is 0 Å². The van der Waals surface area contributed by atoms with Gasteiger partial charge in [-0.2, -0.15) is 5.10 Å². The number of carbonyl (C=O) groups is 2. The summed E-state index contributed by atoms with van der Waals surface area (Å²) >= 11 is 3.32. The molecule has 1 aliphatic heterocycles. The van der Waals surface area contributed by atoms with Crippen LogP contribution in [-0.2, 0) is 0 Å². The van der Waals surface area contributed by atoms with Gasteiger partial charge in [-0.3, -0.25) is 14.7 Å². The SMILES string of the molecule is Cc1[nH]nc(C(=O)N2CCN(C(=O)c3ccc(F)c(F)c3)CC2)c1Br. The maximum absolute atomic E-state index is 13.3. The van der Waals surface area contributed by atoms with Crippen molar-refractivity contribution < 1.29 is 18.4 Å². The molecule has 9 heteroatoms. The van der Waals surface area contributed by atoms with Gasteiger partial charge < -0.3 is 9.80 Å². The van der Waals surface area contributed by atoms with Gasteiger partial charge in [0, 0.05) is 37.4 Å². The first kappa shape index (κ1) is 17.5. The summed E-state index contributed by atoms with van der Waals surface area (Å²) in [4.78, 5) is 28.0. The van der Waals surface area contributed by atoms with Crippen LogP contribution < -0.4 is 0 Å². The molecule has 2 heterocycles. The number of rotatable bonds is 2. The third kappa shape index (κ3) is 3.41. The van der Waals surface area contributed by atoms with Crippen LogP contribution in [0.1, 0.15) is 26.5 Å². The van der Waals surface area contributed by atoms with Crippen LogP contribution in [0.15, 0.2) is 22.7 Å². The molecule has 6 nitrogen and oxygen atoms in total. The maximum atomic E-state index is 13.3. The van der Waals surface area contributed by atoms with Crippen molar-refractivity contribution in [3.8, 4) is 0 Å². The first-order valence-corrected chi connectivity index (χ1v) is 8.42. The second-order valence-corrected chi connectivity index (χ2v) is 6.52. The monoisotopic (exact) mass is 412 g/mol. The van der Waals surface area contributed by atoms with Crippen LogP contribution in [-0.4, -0.2) is 58.0 Å². The molecule has 0 unspecified atom stereocenters. The summed E-state index contributed by atoms with van der Waals surface area (Å²) < 4.78 is 26.9. The van der Waals surface area contributed by atoms with E-state index in [0.29, 0.717) is 36.3 Å². The van der Waals surface area contributed by atoms with Crippen LogP contribution in [0.4, 0.5) is 8.78 Å². The molecule has 0 atom stereocenters. The minimum Gasteiger partial charge on any atom is -0.335 e. The summed E-state index contributed by atoms with van der Waals surface area (Å²) in [6, 6.07) is 3.07. The quantitative estimate of drug-likeness (QED) is 0.822. The van der Waals surface area contributed by atoms with E-state index < -0.39 is 11.6 Å². The highest BCUT2D eigenvalue weighted by molar-refractivity contribution is 9.10. The van der Waals surface area contributed by atoms with E-state index in [1.807, 2.05) is 0 Å². The summed E-state index contributed by atoms with van der Waals surface area (Å²) in [5.41, 5.74) is 1.15. The highest BCUT2D eigenvalue weighted by Crippen LogP contribution is 2.20. The third-order valence-corrected chi connectivity index (χ3v) is 5.07. The number of aryl methyl sites for hydroxylation is 1. The summed E-state index contributed by atoms with van der Waals surface area (Å²) in [6.45, 7) is 3.10. The number of piperazine rings is 1. The molecule has 2 aromatic rings. The second kappa shape index (κ2) is 6.91. The van der Waals surface area contributed by atoms with Gasteiger partial charge >= 0.3 is 0 Å². The molecule has 1 aromatic heterocycles. The highest BCUT2D eigenvalue weighted by Gasteiger charge is 2.28. The molecule has 0 spiro atoms. The highest BCUT2D eigenvalue weighted by atomic mass is 79.9. The second-order valence-electron chi connectivity index (χ2n) is 5.72. The van der Waals surface area contributed by atoms with Gasteiger partial charge in [-0.15, -0.1) is 0 Å². The lowest BCUT2D eigenvalue weighted by Crippen LogP contribution is -2.50. The molecule has 1 aliphatic rings. The Balaban J connectivity index is 1.65. The average Bonchev–Trinajstić information content (AvgIpc) is 2.95. The fourth-order valence-electron chi connectivity index (χ4n) is 2.63. The zero-order valence-electron chi connectivity index (χ0n) is 13.4. The topological polar surface area (TPSA) is 69.3 Å². The lowest BCUT2D eigenvalue weighted by Gasteiger charge is -2.34. The van der Waals surface area contributed by atoms with Gasteiger partial charge in [0.25, 0.3) is 11.8 Å². The summed E-state index contributed by atoms with van der Waals surface area (Å²) in [6.07, 6.45) is 0. The molecule has 0 radical (unpaired) electrons. The van der Waals surface area contributed by atoms with E-state index in [1.165, 1.54) is 11.0 Å². The summed E-state index contributed by atoms with van der Waals surface area (Å²) in [5, 5.41) is 6.73. The number of carbonyl (C=O) groups excluding carboxylic acids is 2. The first-order chi connectivity index (χ1) is 11.9. The van der Waals surface area contributed by atoms with Crippen molar-refractivity contribution in [2.75, 3.05) is 26.2 Å². The van der Waals surface area contributed by atoms with Crippen LogP contribution in [0.3, 0.4) is 0 Å². The van der Waals surface area contributed by atoms with Crippen LogP contribution >= 0.6 is 15.9 Å². The van der Waals surface area contributed by atoms with Crippen molar-refractivity contribution in [3.05, 3.63) is 51.3 Å². The van der Waals surface area contributed by atoms with Crippen LogP contribution in [0, 0.1) is 18.6 Å². The van der Waals surface area contributed by atoms with Crippen molar-refractivity contribution in [1.82, 2.24) is 20.0 Å². The van der Waals surface area contributed by atoms with Gasteiger partial charge in [-0.05, 0) is 41.1 Å². The number of aromatic amines is 1. The zero-order valence-corrected chi connectivity index (χ0v) is 14.9. The van der Waals surface area contributed by atoms with Gasteiger partial charge in [0.1, 0.15) is 0 Å². The van der Waals surface area contributed by atoms with Crippen molar-refractivity contribution >= 4 is 27.7 Å². The minimum atomic E-state index is -1.06. The summed E-state index contributed by atoms with van der Waals surface area (Å²) in [7, 11) is 0. The first-order valence-electron chi connectivity index (χ1n) is 7.62. The van der Waals surface area contributed by atoms with Gasteiger partial charge in [-0.1, -0.05) is 0 Å². The number of amides is 2. The van der Waals surface area contributed by atoms with E-state index in [-0.39, 0.29) is 17.4 Å². The predicted octanol–water partition coefficient (Wildman–Crippen LogP) is 2.36. The molecule has 1 aromatic carbocycles. The molecule has 132 valence electrons. The van der Waals surface area contributed by atoms with Gasteiger partial charge in [0.05, 0.1) is 4.47 Å². The molecule has 25 heavy (non-hydrogen) atoms. The number of aromatic nitrogens is 2. The standard InChI is InChI=1S/C16H15BrF2N4O2/c1-9-13(17)14(21-20-9)16(25)23-6-4-22(5-7-23)15(24)10-2-3-11(18)12(19)8-10/h2-3,8H,4-7H2,1H3,(H,20,21). The normalized spacial score (nSPS) is 14.7. The number of nitrogens with zero attached hydrogens (tertiary/aromatic N) is 3. The fraction of sp³-hybridized carbons (Fsp3) is 0.312. The molecule has 0 aliphatic carbocycles. The van der Waals surface area contributed by atoms with Gasteiger partial charge in [-0.25, -0.2) is 8.78 Å². The van der Waals surface area contributed by atoms with Crippen LogP contribution in [0.25, 0.3) is 0 Å². The molecule has 1 N–H and O–H groups in total. The molecule has 3 rings (SSSR count). The zero-order chi connectivity index (χ0) is 18.1. The van der Waals surface area contributed by atoms with Crippen LogP contribution in [0.2, 0.25) is 0 Å². The number of nitrogens with one attached hydrogen (secondary N) is 1. The number of halogens is 3. The van der Waals surface area contributed by atoms with Crippen molar-refractivity contribution in [3.63, 3.8) is 0 Å². The van der Waals surface area contributed by atoms with E-state index in [0.717, 1.165) is 17.8 Å². The van der Waals surface area contributed by atoms with Crippen molar-refractivity contribution in [1.29, 1.82) is 0 Å². The number of H-pyrrole nitrogens is 1.